The Labute approximate surface area is 126 Å². The Morgan fingerprint density at radius 3 is 2.57 bits per heavy atom. The predicted octanol–water partition coefficient (Wildman–Crippen LogP) is 2.20. The number of halogens is 3. The number of fused-ring (bicyclic) bond motifs is 1. The molecule has 0 spiro atoms. The first kappa shape index (κ1) is 14.8. The van der Waals surface area contributed by atoms with E-state index >= 15 is 0 Å². The lowest BCUT2D eigenvalue weighted by Crippen LogP contribution is -2.19. The molecule has 0 saturated heterocycles. The standard InChI is InChI=1S/C14H8F3N3O3/c15-14(16,17)12-8(13(22)23)7-18-20(12)10-4-2-6-19-9(10)3-1-5-11(19)21/h1-7H,(H,22,23). The molecular formula is C14H8F3N3O3. The van der Waals surface area contributed by atoms with Gasteiger partial charge in [0, 0.05) is 12.3 Å². The van der Waals surface area contributed by atoms with Crippen LogP contribution in [0.1, 0.15) is 16.1 Å². The molecule has 0 radical (unpaired) electrons. The number of hydrogen-bond acceptors (Lipinski definition) is 3. The highest BCUT2D eigenvalue weighted by atomic mass is 19.4. The Morgan fingerprint density at radius 2 is 1.91 bits per heavy atom. The van der Waals surface area contributed by atoms with E-state index in [1.54, 1.807) is 0 Å². The number of aromatic carboxylic acids is 1. The Morgan fingerprint density at radius 1 is 1.17 bits per heavy atom. The van der Waals surface area contributed by atoms with E-state index in [2.05, 4.69) is 5.10 Å². The largest absolute Gasteiger partial charge is 0.478 e. The van der Waals surface area contributed by atoms with Crippen molar-refractivity contribution in [3.8, 4) is 5.69 Å². The molecule has 0 fully saturated rings. The van der Waals surface area contributed by atoms with E-state index in [-0.39, 0.29) is 11.2 Å². The number of carboxylic acids is 1. The number of carbonyl (C=O) groups is 1. The lowest BCUT2D eigenvalue weighted by Gasteiger charge is -2.13. The zero-order valence-corrected chi connectivity index (χ0v) is 11.3. The van der Waals surface area contributed by atoms with Crippen molar-refractivity contribution < 1.29 is 23.1 Å². The van der Waals surface area contributed by atoms with E-state index in [0.717, 1.165) is 4.40 Å². The van der Waals surface area contributed by atoms with Crippen LogP contribution in [0.15, 0.2) is 47.5 Å². The van der Waals surface area contributed by atoms with Crippen LogP contribution < -0.4 is 5.56 Å². The molecule has 0 aliphatic carbocycles. The highest BCUT2D eigenvalue weighted by Gasteiger charge is 2.40. The molecule has 0 aromatic carbocycles. The van der Waals surface area contributed by atoms with Gasteiger partial charge in [0.15, 0.2) is 5.69 Å². The van der Waals surface area contributed by atoms with Crippen LogP contribution in [0, 0.1) is 0 Å². The molecule has 0 unspecified atom stereocenters. The summed E-state index contributed by atoms with van der Waals surface area (Å²) in [5.74, 6) is -1.74. The summed E-state index contributed by atoms with van der Waals surface area (Å²) in [6, 6.07) is 6.80. The topological polar surface area (TPSA) is 76.6 Å². The summed E-state index contributed by atoms with van der Waals surface area (Å²) in [4.78, 5) is 22.8. The van der Waals surface area contributed by atoms with E-state index in [1.165, 1.54) is 36.5 Å². The summed E-state index contributed by atoms with van der Waals surface area (Å²) >= 11 is 0. The van der Waals surface area contributed by atoms with Gasteiger partial charge in [-0.25, -0.2) is 9.48 Å². The quantitative estimate of drug-likeness (QED) is 0.784. The molecular weight excluding hydrogens is 315 g/mol. The lowest BCUT2D eigenvalue weighted by atomic mass is 10.2. The Kier molecular flexibility index (Phi) is 3.20. The third-order valence-electron chi connectivity index (χ3n) is 3.24. The summed E-state index contributed by atoms with van der Waals surface area (Å²) in [6.45, 7) is 0. The third-order valence-corrected chi connectivity index (χ3v) is 3.24. The van der Waals surface area contributed by atoms with E-state index in [0.29, 0.717) is 10.9 Å². The predicted molar refractivity (Wildman–Crippen MR) is 72.8 cm³/mol. The van der Waals surface area contributed by atoms with E-state index in [4.69, 9.17) is 5.11 Å². The van der Waals surface area contributed by atoms with Crippen molar-refractivity contribution in [3.63, 3.8) is 0 Å². The minimum absolute atomic E-state index is 0.0509. The molecule has 118 valence electrons. The fourth-order valence-corrected chi connectivity index (χ4v) is 2.31. The maximum absolute atomic E-state index is 13.3. The summed E-state index contributed by atoms with van der Waals surface area (Å²) < 4.78 is 41.5. The molecule has 0 bridgehead atoms. The molecule has 1 N–H and O–H groups in total. The Balaban J connectivity index is 2.39. The zero-order valence-electron chi connectivity index (χ0n) is 11.3. The number of nitrogens with zero attached hydrogens (tertiary/aromatic N) is 3. The molecule has 3 aromatic heterocycles. The van der Waals surface area contributed by atoms with Crippen molar-refractivity contribution in [3.05, 3.63) is 64.3 Å². The minimum atomic E-state index is -4.92. The molecule has 9 heteroatoms. The first-order chi connectivity index (χ1) is 10.8. The summed E-state index contributed by atoms with van der Waals surface area (Å²) in [5.41, 5.74) is -2.67. The minimum Gasteiger partial charge on any atom is -0.478 e. The SMILES string of the molecule is O=C(O)c1cnn(-c2cccn3c(=O)cccc23)c1C(F)(F)F. The molecule has 3 heterocycles. The van der Waals surface area contributed by atoms with Gasteiger partial charge in [0.1, 0.15) is 5.56 Å². The second-order valence-electron chi connectivity index (χ2n) is 4.63. The molecule has 0 saturated carbocycles. The second kappa shape index (κ2) is 4.97. The highest BCUT2D eigenvalue weighted by molar-refractivity contribution is 5.89. The van der Waals surface area contributed by atoms with Crippen LogP contribution in [-0.4, -0.2) is 25.3 Å². The maximum Gasteiger partial charge on any atom is 0.434 e. The average Bonchev–Trinajstić information content (AvgIpc) is 2.92. The fourth-order valence-electron chi connectivity index (χ4n) is 2.31. The van der Waals surface area contributed by atoms with Crippen molar-refractivity contribution in [2.45, 2.75) is 6.18 Å². The van der Waals surface area contributed by atoms with Crippen LogP contribution in [0.5, 0.6) is 0 Å². The van der Waals surface area contributed by atoms with Gasteiger partial charge in [-0.1, -0.05) is 6.07 Å². The second-order valence-corrected chi connectivity index (χ2v) is 4.63. The van der Waals surface area contributed by atoms with Gasteiger partial charge in [-0.15, -0.1) is 0 Å². The smallest absolute Gasteiger partial charge is 0.434 e. The first-order valence-electron chi connectivity index (χ1n) is 6.30. The van der Waals surface area contributed by atoms with Crippen LogP contribution in [0.4, 0.5) is 13.2 Å². The van der Waals surface area contributed by atoms with Crippen LogP contribution in [0.3, 0.4) is 0 Å². The number of aromatic nitrogens is 3. The van der Waals surface area contributed by atoms with Crippen molar-refractivity contribution in [2.75, 3.05) is 0 Å². The summed E-state index contributed by atoms with van der Waals surface area (Å²) in [6.07, 6.45) is -2.89. The van der Waals surface area contributed by atoms with Crippen LogP contribution in [0.25, 0.3) is 11.2 Å². The van der Waals surface area contributed by atoms with Gasteiger partial charge in [0.05, 0.1) is 17.4 Å². The molecule has 0 aliphatic rings. The van der Waals surface area contributed by atoms with E-state index in [1.807, 2.05) is 0 Å². The van der Waals surface area contributed by atoms with Crippen LogP contribution in [-0.2, 0) is 6.18 Å². The van der Waals surface area contributed by atoms with Gasteiger partial charge >= 0.3 is 12.1 Å². The van der Waals surface area contributed by atoms with Gasteiger partial charge < -0.3 is 5.11 Å². The molecule has 3 aromatic rings. The van der Waals surface area contributed by atoms with Crippen molar-refractivity contribution in [1.29, 1.82) is 0 Å². The van der Waals surface area contributed by atoms with Gasteiger partial charge in [-0.05, 0) is 18.2 Å². The number of hydrogen-bond donors (Lipinski definition) is 1. The van der Waals surface area contributed by atoms with Gasteiger partial charge in [-0.3, -0.25) is 9.20 Å². The number of carboxylic acid groups (broad SMARTS) is 1. The van der Waals surface area contributed by atoms with Crippen LogP contribution in [0.2, 0.25) is 0 Å². The monoisotopic (exact) mass is 323 g/mol. The Hall–Kier alpha value is -3.10. The zero-order chi connectivity index (χ0) is 16.8. The first-order valence-corrected chi connectivity index (χ1v) is 6.30. The van der Waals surface area contributed by atoms with Gasteiger partial charge in [0.2, 0.25) is 0 Å². The summed E-state index contributed by atoms with van der Waals surface area (Å²) in [5, 5.41) is 12.5. The molecule has 0 aliphatic heterocycles. The number of pyridine rings is 2. The fraction of sp³-hybridized carbons (Fsp3) is 0.0714. The molecule has 6 nitrogen and oxygen atoms in total. The lowest BCUT2D eigenvalue weighted by molar-refractivity contribution is -0.143. The van der Waals surface area contributed by atoms with Gasteiger partial charge in [-0.2, -0.15) is 18.3 Å². The molecule has 0 amide bonds. The maximum atomic E-state index is 13.3. The molecule has 0 atom stereocenters. The van der Waals surface area contributed by atoms with E-state index in [9.17, 15) is 22.8 Å². The van der Waals surface area contributed by atoms with E-state index < -0.39 is 29.0 Å². The highest BCUT2D eigenvalue weighted by Crippen LogP contribution is 2.34. The summed E-state index contributed by atoms with van der Waals surface area (Å²) in [7, 11) is 0. The number of alkyl halides is 3. The van der Waals surface area contributed by atoms with Gasteiger partial charge in [0.25, 0.3) is 5.56 Å². The molecule has 3 rings (SSSR count). The normalized spacial score (nSPS) is 11.8. The van der Waals surface area contributed by atoms with Crippen molar-refractivity contribution in [2.24, 2.45) is 0 Å². The van der Waals surface area contributed by atoms with Crippen molar-refractivity contribution >= 4 is 11.5 Å². The average molecular weight is 323 g/mol. The Bertz CT molecular complexity index is 973. The van der Waals surface area contributed by atoms with Crippen LogP contribution >= 0.6 is 0 Å². The van der Waals surface area contributed by atoms with Crippen molar-refractivity contribution in [1.82, 2.24) is 14.2 Å². The molecule has 23 heavy (non-hydrogen) atoms. The third kappa shape index (κ3) is 2.35. The number of rotatable bonds is 2.